The summed E-state index contributed by atoms with van der Waals surface area (Å²) in [5, 5.41) is 15.8. The summed E-state index contributed by atoms with van der Waals surface area (Å²) in [6.45, 7) is 2.26. The molecule has 1 aliphatic heterocycles. The third kappa shape index (κ3) is 8.97. The first kappa shape index (κ1) is 31.4. The number of carboxylic acids is 1. The smallest absolute Gasteiger partial charge is 0.475 e. The van der Waals surface area contributed by atoms with Gasteiger partial charge in [0.25, 0.3) is 5.91 Å². The molecule has 0 aliphatic carbocycles. The van der Waals surface area contributed by atoms with Crippen molar-refractivity contribution in [1.82, 2.24) is 10.6 Å². The number of alkyl halides is 3. The molecule has 2 atom stereocenters. The van der Waals surface area contributed by atoms with E-state index in [0.29, 0.717) is 17.7 Å². The fraction of sp³-hybridized carbons (Fsp3) is 0.242. The van der Waals surface area contributed by atoms with Crippen LogP contribution in [0.4, 0.5) is 13.2 Å². The molecule has 1 heterocycles. The molecule has 7 nitrogen and oxygen atoms in total. The third-order valence-electron chi connectivity index (χ3n) is 7.05. The molecule has 0 radical (unpaired) electrons. The number of ketones is 1. The lowest BCUT2D eigenvalue weighted by molar-refractivity contribution is -0.192. The molecule has 5 rings (SSSR count). The van der Waals surface area contributed by atoms with Crippen LogP contribution in [0.25, 0.3) is 10.8 Å². The third-order valence-corrected chi connectivity index (χ3v) is 7.05. The molecule has 1 fully saturated rings. The monoisotopic (exact) mass is 592 g/mol. The lowest BCUT2D eigenvalue weighted by Gasteiger charge is -2.32. The molecule has 224 valence electrons. The fourth-order valence-electron chi connectivity index (χ4n) is 4.79. The number of carbonyl (C=O) groups is 3. The summed E-state index contributed by atoms with van der Waals surface area (Å²) in [5.74, 6) is -2.86. The Morgan fingerprint density at radius 2 is 1.51 bits per heavy atom. The van der Waals surface area contributed by atoms with Crippen molar-refractivity contribution in [3.8, 4) is 0 Å². The van der Waals surface area contributed by atoms with Crippen molar-refractivity contribution in [3.63, 3.8) is 0 Å². The summed E-state index contributed by atoms with van der Waals surface area (Å²) in [6.07, 6.45) is -4.06. The van der Waals surface area contributed by atoms with Crippen LogP contribution < -0.4 is 10.6 Å². The minimum absolute atomic E-state index is 0.0242. The Kier molecular flexibility index (Phi) is 10.6. The highest BCUT2D eigenvalue weighted by atomic mass is 19.4. The second-order valence-electron chi connectivity index (χ2n) is 10.0. The highest BCUT2D eigenvalue weighted by Crippen LogP contribution is 2.29. The molecule has 0 saturated carbocycles. The van der Waals surface area contributed by atoms with Crippen LogP contribution in [-0.2, 0) is 16.1 Å². The van der Waals surface area contributed by atoms with E-state index in [2.05, 4.69) is 53.1 Å². The van der Waals surface area contributed by atoms with Crippen LogP contribution in [0.3, 0.4) is 0 Å². The zero-order valence-electron chi connectivity index (χ0n) is 23.1. The van der Waals surface area contributed by atoms with Gasteiger partial charge in [0.2, 0.25) is 0 Å². The van der Waals surface area contributed by atoms with Crippen molar-refractivity contribution in [2.75, 3.05) is 19.6 Å². The number of hydrogen-bond donors (Lipinski definition) is 3. The van der Waals surface area contributed by atoms with Crippen molar-refractivity contribution in [1.29, 1.82) is 0 Å². The molecule has 4 aromatic carbocycles. The van der Waals surface area contributed by atoms with Gasteiger partial charge in [-0.25, -0.2) is 4.79 Å². The van der Waals surface area contributed by atoms with E-state index in [1.54, 1.807) is 12.1 Å². The van der Waals surface area contributed by atoms with Crippen LogP contribution in [0.2, 0.25) is 0 Å². The Bertz CT molecular complexity index is 1540. The minimum Gasteiger partial charge on any atom is -0.475 e. The van der Waals surface area contributed by atoms with E-state index in [1.165, 1.54) is 10.8 Å². The molecule has 43 heavy (non-hydrogen) atoms. The number of aliphatic carboxylic acids is 1. The van der Waals surface area contributed by atoms with Crippen LogP contribution >= 0.6 is 0 Å². The summed E-state index contributed by atoms with van der Waals surface area (Å²) in [4.78, 5) is 33.8. The van der Waals surface area contributed by atoms with Gasteiger partial charge in [-0.1, -0.05) is 78.9 Å². The van der Waals surface area contributed by atoms with Gasteiger partial charge >= 0.3 is 12.1 Å². The van der Waals surface area contributed by atoms with Crippen LogP contribution in [0.15, 0.2) is 97.1 Å². The normalized spacial score (nSPS) is 16.5. The highest BCUT2D eigenvalue weighted by molar-refractivity contribution is 6.02. The van der Waals surface area contributed by atoms with Gasteiger partial charge in [-0.3, -0.25) is 9.59 Å². The Hall–Kier alpha value is -4.54. The summed E-state index contributed by atoms with van der Waals surface area (Å²) in [6, 6.07) is 31.5. The second-order valence-corrected chi connectivity index (χ2v) is 10.0. The molecule has 0 bridgehead atoms. The molecule has 3 N–H and O–H groups in total. The first-order valence-electron chi connectivity index (χ1n) is 13.7. The molecule has 1 saturated heterocycles. The number of fused-ring (bicyclic) bond motifs is 1. The largest absolute Gasteiger partial charge is 0.490 e. The van der Waals surface area contributed by atoms with E-state index < -0.39 is 12.1 Å². The predicted molar refractivity (Wildman–Crippen MR) is 156 cm³/mol. The standard InChI is InChI=1S/C31H30N2O3.C2HF3O2/c34-29(25-7-2-1-3-8-25)19-33-31(35)26-14-12-24(13-15-26)28-16-17-32-20-30(28)36-21-22-10-11-23-6-4-5-9-27(23)18-22;3-2(4,5)1(6)7/h1-15,18,28,30,32H,16-17,19-21H2,(H,33,35);(H,6,7). The van der Waals surface area contributed by atoms with E-state index in [-0.39, 0.29) is 30.3 Å². The van der Waals surface area contributed by atoms with Gasteiger partial charge in [0.1, 0.15) is 0 Å². The summed E-state index contributed by atoms with van der Waals surface area (Å²) in [5.41, 5.74) is 3.46. The number of Topliss-reactive ketones (excluding diaryl/α,β-unsaturated/α-hetero) is 1. The van der Waals surface area contributed by atoms with Crippen molar-refractivity contribution in [3.05, 3.63) is 119 Å². The zero-order chi connectivity index (χ0) is 30.8. The first-order valence-corrected chi connectivity index (χ1v) is 13.7. The Balaban J connectivity index is 0.000000541. The Morgan fingerprint density at radius 1 is 0.860 bits per heavy atom. The number of carbonyl (C=O) groups excluding carboxylic acids is 2. The molecule has 0 spiro atoms. The van der Waals surface area contributed by atoms with Gasteiger partial charge in [0.15, 0.2) is 5.78 Å². The predicted octanol–water partition coefficient (Wildman–Crippen LogP) is 5.75. The van der Waals surface area contributed by atoms with E-state index in [4.69, 9.17) is 14.6 Å². The van der Waals surface area contributed by atoms with Crippen LogP contribution in [0, 0.1) is 0 Å². The Labute approximate surface area is 246 Å². The molecular formula is C33H31F3N2O5. The number of rotatable bonds is 8. The van der Waals surface area contributed by atoms with Crippen molar-refractivity contribution in [2.24, 2.45) is 0 Å². The topological polar surface area (TPSA) is 105 Å². The molecule has 0 aromatic heterocycles. The maximum atomic E-state index is 12.6. The minimum atomic E-state index is -5.08. The second kappa shape index (κ2) is 14.6. The number of benzene rings is 4. The number of hydrogen-bond acceptors (Lipinski definition) is 5. The summed E-state index contributed by atoms with van der Waals surface area (Å²) < 4.78 is 38.1. The zero-order valence-corrected chi connectivity index (χ0v) is 23.1. The quantitative estimate of drug-likeness (QED) is 0.225. The molecule has 10 heteroatoms. The van der Waals surface area contributed by atoms with Gasteiger partial charge in [0, 0.05) is 23.6 Å². The maximum Gasteiger partial charge on any atom is 0.490 e. The van der Waals surface area contributed by atoms with Gasteiger partial charge in [0.05, 0.1) is 19.3 Å². The van der Waals surface area contributed by atoms with Crippen LogP contribution in [-0.4, -0.2) is 54.7 Å². The van der Waals surface area contributed by atoms with Crippen molar-refractivity contribution >= 4 is 28.4 Å². The highest BCUT2D eigenvalue weighted by Gasteiger charge is 2.38. The number of piperidine rings is 1. The van der Waals surface area contributed by atoms with E-state index in [1.807, 2.05) is 42.5 Å². The van der Waals surface area contributed by atoms with E-state index >= 15 is 0 Å². The molecular weight excluding hydrogens is 561 g/mol. The number of halogens is 3. The van der Waals surface area contributed by atoms with Gasteiger partial charge in [-0.2, -0.15) is 13.2 Å². The van der Waals surface area contributed by atoms with Gasteiger partial charge in [-0.15, -0.1) is 0 Å². The fourth-order valence-corrected chi connectivity index (χ4v) is 4.79. The average molecular weight is 593 g/mol. The van der Waals surface area contributed by atoms with Gasteiger partial charge in [-0.05, 0) is 53.1 Å². The van der Waals surface area contributed by atoms with Crippen LogP contribution in [0.1, 0.15) is 44.2 Å². The van der Waals surface area contributed by atoms with Crippen molar-refractivity contribution in [2.45, 2.75) is 31.2 Å². The van der Waals surface area contributed by atoms with E-state index in [9.17, 15) is 22.8 Å². The number of nitrogens with one attached hydrogen (secondary N) is 2. The Morgan fingerprint density at radius 3 is 2.19 bits per heavy atom. The molecule has 1 amide bonds. The number of amides is 1. The molecule has 2 unspecified atom stereocenters. The SMILES string of the molecule is O=C(CNC(=O)c1ccc(C2CCNCC2OCc2ccc3ccccc3c2)cc1)c1ccccc1.O=C(O)C(F)(F)F. The number of carboxylic acid groups (broad SMARTS) is 1. The van der Waals surface area contributed by atoms with E-state index in [0.717, 1.165) is 30.6 Å². The maximum absolute atomic E-state index is 12.6. The lowest BCUT2D eigenvalue weighted by Crippen LogP contribution is -2.41. The molecule has 4 aromatic rings. The van der Waals surface area contributed by atoms with Crippen LogP contribution in [0.5, 0.6) is 0 Å². The average Bonchev–Trinajstić information content (AvgIpc) is 3.03. The summed E-state index contributed by atoms with van der Waals surface area (Å²) in [7, 11) is 0. The lowest BCUT2D eigenvalue weighted by atomic mass is 9.87. The van der Waals surface area contributed by atoms with Crippen molar-refractivity contribution < 1.29 is 37.4 Å². The number of ether oxygens (including phenoxy) is 1. The van der Waals surface area contributed by atoms with Gasteiger partial charge < -0.3 is 20.5 Å². The summed E-state index contributed by atoms with van der Waals surface area (Å²) >= 11 is 0. The molecule has 1 aliphatic rings. The first-order chi connectivity index (χ1) is 20.6.